The van der Waals surface area contributed by atoms with Crippen LogP contribution in [0.2, 0.25) is 0 Å². The normalized spacial score (nSPS) is 10.6. The fourth-order valence-corrected chi connectivity index (χ4v) is 2.44. The first-order valence-corrected chi connectivity index (χ1v) is 7.09. The number of ether oxygens (including phenoxy) is 1. The molecule has 2 aromatic heterocycles. The van der Waals surface area contributed by atoms with E-state index in [9.17, 15) is 4.39 Å². The van der Waals surface area contributed by atoms with Crippen LogP contribution in [-0.2, 0) is 0 Å². The quantitative estimate of drug-likeness (QED) is 0.780. The van der Waals surface area contributed by atoms with E-state index in [4.69, 9.17) is 9.26 Å². The molecule has 0 bridgehead atoms. The number of para-hydroxylation sites is 1. The Hall–Kier alpha value is -2.89. The fourth-order valence-electron chi connectivity index (χ4n) is 2.44. The molecule has 3 aromatic rings. The first-order chi connectivity index (χ1) is 11.1. The van der Waals surface area contributed by atoms with Crippen LogP contribution in [0.5, 0.6) is 5.88 Å². The fraction of sp³-hybridized carbons (Fsp3) is 0.176. The van der Waals surface area contributed by atoms with Gasteiger partial charge in [-0.3, -0.25) is 0 Å². The Bertz CT molecular complexity index is 826. The lowest BCUT2D eigenvalue weighted by Crippen LogP contribution is -1.99. The third-order valence-electron chi connectivity index (χ3n) is 3.51. The van der Waals surface area contributed by atoms with E-state index >= 15 is 0 Å². The first kappa shape index (κ1) is 15.0. The second-order valence-electron chi connectivity index (χ2n) is 5.08. The van der Waals surface area contributed by atoms with Gasteiger partial charge in [-0.15, -0.1) is 0 Å². The van der Waals surface area contributed by atoms with E-state index in [1.807, 2.05) is 19.9 Å². The first-order valence-electron chi connectivity index (χ1n) is 7.09. The van der Waals surface area contributed by atoms with Gasteiger partial charge in [-0.05, 0) is 32.0 Å². The molecule has 0 atom stereocenters. The third kappa shape index (κ3) is 2.88. The summed E-state index contributed by atoms with van der Waals surface area (Å²) in [6, 6.07) is 8.27. The number of nitrogens with zero attached hydrogens (tertiary/aromatic N) is 2. The van der Waals surface area contributed by atoms with Gasteiger partial charge >= 0.3 is 0 Å². The lowest BCUT2D eigenvalue weighted by molar-refractivity contribution is 0.393. The highest BCUT2D eigenvalue weighted by Crippen LogP contribution is 2.33. The molecule has 0 aliphatic rings. The summed E-state index contributed by atoms with van der Waals surface area (Å²) in [6.07, 6.45) is 1.68. The van der Waals surface area contributed by atoms with Crippen LogP contribution in [-0.4, -0.2) is 17.3 Å². The van der Waals surface area contributed by atoms with E-state index in [0.717, 1.165) is 16.8 Å². The van der Waals surface area contributed by atoms with Crippen LogP contribution in [0.3, 0.4) is 0 Å². The van der Waals surface area contributed by atoms with Crippen molar-refractivity contribution in [1.82, 2.24) is 10.1 Å². The van der Waals surface area contributed by atoms with Crippen LogP contribution in [0, 0.1) is 19.7 Å². The number of halogens is 1. The molecule has 0 aliphatic heterocycles. The van der Waals surface area contributed by atoms with Crippen molar-refractivity contribution in [3.63, 3.8) is 0 Å². The number of nitrogens with one attached hydrogen (secondary N) is 1. The SMILES string of the molecule is COc1ncc(-c2c(C)noc2C)cc1Nc1ccccc1F. The van der Waals surface area contributed by atoms with E-state index in [0.29, 0.717) is 23.0 Å². The van der Waals surface area contributed by atoms with Crippen LogP contribution in [0.25, 0.3) is 11.1 Å². The number of pyridine rings is 1. The lowest BCUT2D eigenvalue weighted by atomic mass is 10.1. The summed E-state index contributed by atoms with van der Waals surface area (Å²) < 4.78 is 24.3. The van der Waals surface area contributed by atoms with E-state index in [1.165, 1.54) is 13.2 Å². The lowest BCUT2D eigenvalue weighted by Gasteiger charge is -2.12. The number of aromatic nitrogens is 2. The summed E-state index contributed by atoms with van der Waals surface area (Å²) in [4.78, 5) is 4.28. The predicted octanol–water partition coefficient (Wildman–Crippen LogP) is 4.24. The molecule has 0 fully saturated rings. The van der Waals surface area contributed by atoms with Gasteiger partial charge in [0.25, 0.3) is 0 Å². The zero-order valence-electron chi connectivity index (χ0n) is 13.1. The largest absolute Gasteiger partial charge is 0.480 e. The molecule has 3 rings (SSSR count). The van der Waals surface area contributed by atoms with Gasteiger partial charge < -0.3 is 14.6 Å². The minimum Gasteiger partial charge on any atom is -0.480 e. The summed E-state index contributed by atoms with van der Waals surface area (Å²) in [7, 11) is 1.52. The molecule has 0 amide bonds. The molecule has 118 valence electrons. The molecule has 0 aliphatic carbocycles. The summed E-state index contributed by atoms with van der Waals surface area (Å²) in [5.74, 6) is 0.729. The van der Waals surface area contributed by atoms with Crippen molar-refractivity contribution in [2.45, 2.75) is 13.8 Å². The Kier molecular flexibility index (Phi) is 3.97. The molecule has 0 saturated heterocycles. The van der Waals surface area contributed by atoms with Crippen molar-refractivity contribution in [3.05, 3.63) is 53.8 Å². The standard InChI is InChI=1S/C17H16FN3O2/c1-10-16(11(2)23-21-10)12-8-15(17(22-3)19-9-12)20-14-7-5-4-6-13(14)18/h4-9,20H,1-3H3. The Morgan fingerprint density at radius 2 is 1.96 bits per heavy atom. The number of rotatable bonds is 4. The van der Waals surface area contributed by atoms with Gasteiger partial charge in [0.1, 0.15) is 17.3 Å². The van der Waals surface area contributed by atoms with Crippen molar-refractivity contribution < 1.29 is 13.7 Å². The summed E-state index contributed by atoms with van der Waals surface area (Å²) in [5.41, 5.74) is 3.38. The number of benzene rings is 1. The van der Waals surface area contributed by atoms with Gasteiger partial charge in [0.15, 0.2) is 0 Å². The maximum absolute atomic E-state index is 13.9. The van der Waals surface area contributed by atoms with E-state index < -0.39 is 0 Å². The number of hydrogen-bond donors (Lipinski definition) is 1. The van der Waals surface area contributed by atoms with Gasteiger partial charge in [0.2, 0.25) is 5.88 Å². The smallest absolute Gasteiger partial charge is 0.237 e. The second kappa shape index (κ2) is 6.08. The Labute approximate surface area is 133 Å². The number of methoxy groups -OCH3 is 1. The van der Waals surface area contributed by atoms with E-state index in [1.54, 1.807) is 24.4 Å². The molecule has 0 spiro atoms. The molecule has 0 radical (unpaired) electrons. The highest BCUT2D eigenvalue weighted by molar-refractivity contribution is 5.75. The number of hydrogen-bond acceptors (Lipinski definition) is 5. The Morgan fingerprint density at radius 3 is 2.61 bits per heavy atom. The number of anilines is 2. The summed E-state index contributed by atoms with van der Waals surface area (Å²) >= 11 is 0. The average molecular weight is 313 g/mol. The van der Waals surface area contributed by atoms with E-state index in [2.05, 4.69) is 15.5 Å². The zero-order valence-corrected chi connectivity index (χ0v) is 13.1. The van der Waals surface area contributed by atoms with Crippen molar-refractivity contribution >= 4 is 11.4 Å². The van der Waals surface area contributed by atoms with Crippen molar-refractivity contribution in [1.29, 1.82) is 0 Å². The van der Waals surface area contributed by atoms with Crippen LogP contribution in [0.15, 0.2) is 41.1 Å². The zero-order chi connectivity index (χ0) is 16.4. The molecule has 6 heteroatoms. The van der Waals surface area contributed by atoms with Crippen molar-refractivity contribution in [2.24, 2.45) is 0 Å². The van der Waals surface area contributed by atoms with Crippen LogP contribution in [0.1, 0.15) is 11.5 Å². The highest BCUT2D eigenvalue weighted by Gasteiger charge is 2.15. The average Bonchev–Trinajstić information content (AvgIpc) is 2.88. The van der Waals surface area contributed by atoms with Gasteiger partial charge in [0, 0.05) is 17.3 Å². The predicted molar refractivity (Wildman–Crippen MR) is 85.4 cm³/mol. The van der Waals surface area contributed by atoms with Gasteiger partial charge in [-0.25, -0.2) is 9.37 Å². The minimum absolute atomic E-state index is 0.350. The molecule has 0 saturated carbocycles. The molecule has 0 unspecified atom stereocenters. The molecule has 5 nitrogen and oxygen atoms in total. The monoisotopic (exact) mass is 313 g/mol. The molecular formula is C17H16FN3O2. The topological polar surface area (TPSA) is 60.2 Å². The van der Waals surface area contributed by atoms with Gasteiger partial charge in [-0.2, -0.15) is 0 Å². The van der Waals surface area contributed by atoms with Gasteiger partial charge in [0.05, 0.1) is 18.5 Å². The van der Waals surface area contributed by atoms with E-state index in [-0.39, 0.29) is 5.82 Å². The van der Waals surface area contributed by atoms with Crippen molar-refractivity contribution in [3.8, 4) is 17.0 Å². The summed E-state index contributed by atoms with van der Waals surface area (Å²) in [6.45, 7) is 3.70. The minimum atomic E-state index is -0.350. The second-order valence-corrected chi connectivity index (χ2v) is 5.08. The highest BCUT2D eigenvalue weighted by atomic mass is 19.1. The Balaban J connectivity index is 2.05. The third-order valence-corrected chi connectivity index (χ3v) is 3.51. The molecule has 23 heavy (non-hydrogen) atoms. The molecule has 1 N–H and O–H groups in total. The Morgan fingerprint density at radius 1 is 1.17 bits per heavy atom. The molecule has 2 heterocycles. The summed E-state index contributed by atoms with van der Waals surface area (Å²) in [5, 5.41) is 6.97. The van der Waals surface area contributed by atoms with Crippen LogP contribution < -0.4 is 10.1 Å². The maximum atomic E-state index is 13.9. The van der Waals surface area contributed by atoms with Crippen LogP contribution in [0.4, 0.5) is 15.8 Å². The van der Waals surface area contributed by atoms with Crippen molar-refractivity contribution in [2.75, 3.05) is 12.4 Å². The van der Waals surface area contributed by atoms with Crippen LogP contribution >= 0.6 is 0 Å². The molecular weight excluding hydrogens is 297 g/mol. The number of aryl methyl sites for hydroxylation is 2. The molecule has 1 aromatic carbocycles. The van der Waals surface area contributed by atoms with Gasteiger partial charge in [-0.1, -0.05) is 17.3 Å². The maximum Gasteiger partial charge on any atom is 0.237 e.